The van der Waals surface area contributed by atoms with Gasteiger partial charge in [0.05, 0.1) is 17.2 Å². The lowest BCUT2D eigenvalue weighted by atomic mass is 9.96. The first-order valence-electron chi connectivity index (χ1n) is 7.74. The van der Waals surface area contributed by atoms with Crippen LogP contribution < -0.4 is 5.32 Å². The Labute approximate surface area is 139 Å². The second-order valence-corrected chi connectivity index (χ2v) is 5.62. The van der Waals surface area contributed by atoms with Crippen LogP contribution in [0.3, 0.4) is 0 Å². The second-order valence-electron chi connectivity index (χ2n) is 5.62. The summed E-state index contributed by atoms with van der Waals surface area (Å²) in [5.41, 5.74) is 2.08. The quantitative estimate of drug-likeness (QED) is 0.859. The van der Waals surface area contributed by atoms with E-state index in [9.17, 15) is 14.9 Å². The van der Waals surface area contributed by atoms with Crippen molar-refractivity contribution in [2.75, 3.05) is 6.61 Å². The molecule has 1 saturated carbocycles. The SMILES string of the molecule is N#Cc1ccccc1-c1ccccc1C(=O)OCC(=O)NC1CC1. The molecule has 0 saturated heterocycles. The second kappa shape index (κ2) is 6.97. The molecule has 5 heteroatoms. The third kappa shape index (κ3) is 3.61. The normalized spacial score (nSPS) is 13.0. The minimum atomic E-state index is -0.579. The Morgan fingerprint density at radius 2 is 1.75 bits per heavy atom. The summed E-state index contributed by atoms with van der Waals surface area (Å²) in [6, 6.07) is 16.3. The summed E-state index contributed by atoms with van der Waals surface area (Å²) >= 11 is 0. The Balaban J connectivity index is 1.79. The zero-order valence-corrected chi connectivity index (χ0v) is 13.0. The number of ether oxygens (including phenoxy) is 1. The molecule has 0 aromatic heterocycles. The third-order valence-electron chi connectivity index (χ3n) is 3.76. The van der Waals surface area contributed by atoms with Crippen molar-refractivity contribution in [1.29, 1.82) is 5.26 Å². The summed E-state index contributed by atoms with van der Waals surface area (Å²) in [5, 5.41) is 12.0. The van der Waals surface area contributed by atoms with Crippen molar-refractivity contribution < 1.29 is 14.3 Å². The molecule has 1 aliphatic carbocycles. The van der Waals surface area contributed by atoms with E-state index in [1.165, 1.54) is 0 Å². The highest BCUT2D eigenvalue weighted by Crippen LogP contribution is 2.27. The number of nitrogens with zero attached hydrogens (tertiary/aromatic N) is 1. The van der Waals surface area contributed by atoms with Crippen LogP contribution in [-0.2, 0) is 9.53 Å². The number of carbonyl (C=O) groups is 2. The summed E-state index contributed by atoms with van der Waals surface area (Å²) in [6.45, 7) is -0.302. The molecule has 0 spiro atoms. The molecule has 2 aromatic rings. The summed E-state index contributed by atoms with van der Waals surface area (Å²) in [7, 11) is 0. The largest absolute Gasteiger partial charge is 0.452 e. The number of carbonyl (C=O) groups excluding carboxylic acids is 2. The van der Waals surface area contributed by atoms with Crippen LogP contribution in [0.2, 0.25) is 0 Å². The Morgan fingerprint density at radius 1 is 1.08 bits per heavy atom. The molecule has 1 fully saturated rings. The fourth-order valence-electron chi connectivity index (χ4n) is 2.42. The summed E-state index contributed by atoms with van der Waals surface area (Å²) in [4.78, 5) is 24.0. The number of rotatable bonds is 5. The van der Waals surface area contributed by atoms with Crippen LogP contribution in [0.5, 0.6) is 0 Å². The van der Waals surface area contributed by atoms with Crippen LogP contribution in [0.4, 0.5) is 0 Å². The lowest BCUT2D eigenvalue weighted by Gasteiger charge is -2.11. The van der Waals surface area contributed by atoms with Gasteiger partial charge in [0.15, 0.2) is 6.61 Å². The molecule has 0 aliphatic heterocycles. The Kier molecular flexibility index (Phi) is 4.57. The van der Waals surface area contributed by atoms with Gasteiger partial charge in [-0.05, 0) is 30.5 Å². The first-order valence-corrected chi connectivity index (χ1v) is 7.74. The zero-order chi connectivity index (χ0) is 16.9. The van der Waals surface area contributed by atoms with Crippen molar-refractivity contribution in [3.05, 3.63) is 59.7 Å². The van der Waals surface area contributed by atoms with E-state index < -0.39 is 5.97 Å². The fourth-order valence-corrected chi connectivity index (χ4v) is 2.42. The average molecular weight is 320 g/mol. The van der Waals surface area contributed by atoms with E-state index >= 15 is 0 Å². The predicted octanol–water partition coefficient (Wildman–Crippen LogP) is 2.66. The van der Waals surface area contributed by atoms with Crippen LogP contribution in [0.1, 0.15) is 28.8 Å². The van der Waals surface area contributed by atoms with Gasteiger partial charge in [-0.3, -0.25) is 4.79 Å². The maximum absolute atomic E-state index is 12.4. The molecule has 3 rings (SSSR count). The molecule has 0 atom stereocenters. The Bertz CT molecular complexity index is 819. The van der Waals surface area contributed by atoms with Gasteiger partial charge in [0.1, 0.15) is 0 Å². The van der Waals surface area contributed by atoms with E-state index in [4.69, 9.17) is 4.74 Å². The van der Waals surface area contributed by atoms with Gasteiger partial charge in [0.2, 0.25) is 0 Å². The van der Waals surface area contributed by atoms with Crippen molar-refractivity contribution in [2.24, 2.45) is 0 Å². The molecule has 0 bridgehead atoms. The third-order valence-corrected chi connectivity index (χ3v) is 3.76. The molecule has 120 valence electrons. The highest BCUT2D eigenvalue weighted by Gasteiger charge is 2.24. The van der Waals surface area contributed by atoms with Crippen molar-refractivity contribution in [3.63, 3.8) is 0 Å². The highest BCUT2D eigenvalue weighted by atomic mass is 16.5. The molecular formula is C19H16N2O3. The van der Waals surface area contributed by atoms with Crippen LogP contribution in [0.15, 0.2) is 48.5 Å². The Morgan fingerprint density at radius 3 is 2.46 bits per heavy atom. The van der Waals surface area contributed by atoms with Gasteiger partial charge < -0.3 is 10.1 Å². The maximum atomic E-state index is 12.4. The average Bonchev–Trinajstić information content (AvgIpc) is 3.43. The summed E-state index contributed by atoms with van der Waals surface area (Å²) < 4.78 is 5.12. The van der Waals surface area contributed by atoms with E-state index in [1.807, 2.05) is 0 Å². The van der Waals surface area contributed by atoms with Gasteiger partial charge in [-0.15, -0.1) is 0 Å². The highest BCUT2D eigenvalue weighted by molar-refractivity contribution is 5.98. The van der Waals surface area contributed by atoms with E-state index in [2.05, 4.69) is 11.4 Å². The standard InChI is InChI=1S/C19H16N2O3/c20-11-13-5-1-2-6-15(13)16-7-3-4-8-17(16)19(23)24-12-18(22)21-14-9-10-14/h1-8,14H,9-10,12H2,(H,21,22). The molecule has 24 heavy (non-hydrogen) atoms. The first kappa shape index (κ1) is 15.8. The summed E-state index contributed by atoms with van der Waals surface area (Å²) in [5.74, 6) is -0.870. The lowest BCUT2D eigenvalue weighted by molar-refractivity contribution is -0.124. The number of esters is 1. The fraction of sp³-hybridized carbons (Fsp3) is 0.211. The van der Waals surface area contributed by atoms with Gasteiger partial charge >= 0.3 is 5.97 Å². The topological polar surface area (TPSA) is 79.2 Å². The maximum Gasteiger partial charge on any atom is 0.339 e. The van der Waals surface area contributed by atoms with E-state index in [-0.39, 0.29) is 18.6 Å². The van der Waals surface area contributed by atoms with E-state index in [0.717, 1.165) is 12.8 Å². The molecule has 5 nitrogen and oxygen atoms in total. The van der Waals surface area contributed by atoms with E-state index in [0.29, 0.717) is 22.3 Å². The van der Waals surface area contributed by atoms with Crippen molar-refractivity contribution >= 4 is 11.9 Å². The summed E-state index contributed by atoms with van der Waals surface area (Å²) in [6.07, 6.45) is 1.96. The lowest BCUT2D eigenvalue weighted by Crippen LogP contribution is -2.30. The molecule has 0 heterocycles. The first-order chi connectivity index (χ1) is 11.7. The number of nitrogens with one attached hydrogen (secondary N) is 1. The van der Waals surface area contributed by atoms with Gasteiger partial charge in [-0.1, -0.05) is 36.4 Å². The molecule has 2 aromatic carbocycles. The van der Waals surface area contributed by atoms with Crippen LogP contribution in [0.25, 0.3) is 11.1 Å². The molecule has 1 aliphatic rings. The van der Waals surface area contributed by atoms with Crippen LogP contribution in [0, 0.1) is 11.3 Å². The van der Waals surface area contributed by atoms with Gasteiger partial charge in [-0.2, -0.15) is 5.26 Å². The van der Waals surface area contributed by atoms with Gasteiger partial charge in [-0.25, -0.2) is 4.79 Å². The van der Waals surface area contributed by atoms with Crippen LogP contribution in [-0.4, -0.2) is 24.5 Å². The number of hydrogen-bond donors (Lipinski definition) is 1. The van der Waals surface area contributed by atoms with Gasteiger partial charge in [0, 0.05) is 11.6 Å². The number of nitriles is 1. The van der Waals surface area contributed by atoms with Crippen molar-refractivity contribution in [3.8, 4) is 17.2 Å². The molecule has 1 N–H and O–H groups in total. The smallest absolute Gasteiger partial charge is 0.339 e. The number of amides is 1. The van der Waals surface area contributed by atoms with Crippen molar-refractivity contribution in [1.82, 2.24) is 5.32 Å². The predicted molar refractivity (Wildman–Crippen MR) is 88.0 cm³/mol. The van der Waals surface area contributed by atoms with Gasteiger partial charge in [0.25, 0.3) is 5.91 Å². The zero-order valence-electron chi connectivity index (χ0n) is 13.0. The van der Waals surface area contributed by atoms with Crippen molar-refractivity contribution in [2.45, 2.75) is 18.9 Å². The molecule has 0 unspecified atom stereocenters. The minimum absolute atomic E-state index is 0.228. The van der Waals surface area contributed by atoms with Crippen LogP contribution >= 0.6 is 0 Å². The molecule has 1 amide bonds. The number of hydrogen-bond acceptors (Lipinski definition) is 4. The minimum Gasteiger partial charge on any atom is -0.452 e. The Hall–Kier alpha value is -3.13. The van der Waals surface area contributed by atoms with E-state index in [1.54, 1.807) is 48.5 Å². The monoisotopic (exact) mass is 320 g/mol. The molecule has 0 radical (unpaired) electrons. The molecular weight excluding hydrogens is 304 g/mol. The number of benzene rings is 2.